The molecule has 0 radical (unpaired) electrons. The zero-order valence-corrected chi connectivity index (χ0v) is 8.32. The maximum Gasteiger partial charge on any atom is 0.126 e. The largest absolute Gasteiger partial charge is 0.383 e. The molecule has 0 amide bonds. The van der Waals surface area contributed by atoms with Gasteiger partial charge in [-0.25, -0.2) is 4.98 Å². The van der Waals surface area contributed by atoms with Crippen molar-refractivity contribution in [3.05, 3.63) is 23.9 Å². The number of nitrogens with two attached hydrogens (primary N) is 2. The number of hydrogen-bond acceptors (Lipinski definition) is 3. The van der Waals surface area contributed by atoms with Crippen LogP contribution in [0.3, 0.4) is 0 Å². The minimum Gasteiger partial charge on any atom is -0.383 e. The van der Waals surface area contributed by atoms with Gasteiger partial charge in [-0.3, -0.25) is 0 Å². The molecule has 3 nitrogen and oxygen atoms in total. The summed E-state index contributed by atoms with van der Waals surface area (Å²) in [4.78, 5) is 4.09. The highest BCUT2D eigenvalue weighted by atomic mass is 14.8. The first kappa shape index (κ1) is 9.46. The van der Waals surface area contributed by atoms with Gasteiger partial charge in [-0.05, 0) is 43.2 Å². The number of pyridine rings is 1. The van der Waals surface area contributed by atoms with Crippen LogP contribution in [0, 0.1) is 5.92 Å². The molecule has 2 atom stereocenters. The number of aromatic nitrogens is 1. The molecule has 1 heterocycles. The van der Waals surface area contributed by atoms with Crippen molar-refractivity contribution in [2.75, 3.05) is 5.73 Å². The first-order chi connectivity index (χ1) is 6.75. The van der Waals surface area contributed by atoms with Crippen molar-refractivity contribution in [1.29, 1.82) is 0 Å². The summed E-state index contributed by atoms with van der Waals surface area (Å²) in [5, 5.41) is 0. The first-order valence-corrected chi connectivity index (χ1v) is 5.20. The third-order valence-corrected chi connectivity index (χ3v) is 3.02. The molecular formula is C11H17N3. The second-order valence-electron chi connectivity index (χ2n) is 4.19. The van der Waals surface area contributed by atoms with E-state index < -0.39 is 0 Å². The quantitative estimate of drug-likeness (QED) is 0.741. The van der Waals surface area contributed by atoms with E-state index in [1.165, 1.54) is 12.0 Å². The second kappa shape index (κ2) is 3.96. The van der Waals surface area contributed by atoms with Gasteiger partial charge < -0.3 is 11.5 Å². The van der Waals surface area contributed by atoms with Crippen molar-refractivity contribution >= 4 is 5.82 Å². The fraction of sp³-hybridized carbons (Fsp3) is 0.545. The van der Waals surface area contributed by atoms with E-state index in [-0.39, 0.29) is 0 Å². The average molecular weight is 191 g/mol. The Morgan fingerprint density at radius 2 is 2.29 bits per heavy atom. The smallest absolute Gasteiger partial charge is 0.126 e. The van der Waals surface area contributed by atoms with Crippen LogP contribution in [0.4, 0.5) is 5.82 Å². The predicted octanol–water partition coefficient (Wildman–Crippen LogP) is 1.33. The van der Waals surface area contributed by atoms with Crippen LogP contribution in [0.5, 0.6) is 0 Å². The molecule has 4 N–H and O–H groups in total. The normalized spacial score (nSPS) is 26.6. The van der Waals surface area contributed by atoms with Crippen LogP contribution in [-0.2, 0) is 6.42 Å². The van der Waals surface area contributed by atoms with E-state index in [0.717, 1.165) is 19.3 Å². The molecule has 76 valence electrons. The zero-order valence-electron chi connectivity index (χ0n) is 8.32. The molecule has 0 bridgehead atoms. The van der Waals surface area contributed by atoms with Gasteiger partial charge >= 0.3 is 0 Å². The third-order valence-electron chi connectivity index (χ3n) is 3.02. The van der Waals surface area contributed by atoms with Crippen LogP contribution in [0.2, 0.25) is 0 Å². The first-order valence-electron chi connectivity index (χ1n) is 5.20. The number of nitrogen functional groups attached to an aromatic ring is 1. The minimum atomic E-state index is 0.401. The summed E-state index contributed by atoms with van der Waals surface area (Å²) >= 11 is 0. The monoisotopic (exact) mass is 191 g/mol. The maximum atomic E-state index is 5.87. The summed E-state index contributed by atoms with van der Waals surface area (Å²) in [6.45, 7) is 0. The molecule has 0 aliphatic heterocycles. The van der Waals surface area contributed by atoms with Gasteiger partial charge in [0.25, 0.3) is 0 Å². The molecule has 0 spiro atoms. The standard InChI is InChI=1S/C11H17N3/c12-10-4-3-8(7-10)6-9-2-1-5-14-11(9)13/h1-2,5,8,10H,3-4,6-7,12H2,(H2,13,14). The fourth-order valence-corrected chi connectivity index (χ4v) is 2.23. The Kier molecular flexibility index (Phi) is 2.68. The van der Waals surface area contributed by atoms with E-state index in [4.69, 9.17) is 11.5 Å². The number of anilines is 1. The van der Waals surface area contributed by atoms with Gasteiger partial charge in [-0.15, -0.1) is 0 Å². The van der Waals surface area contributed by atoms with Crippen LogP contribution in [-0.4, -0.2) is 11.0 Å². The number of nitrogens with zero attached hydrogens (tertiary/aromatic N) is 1. The van der Waals surface area contributed by atoms with Crippen LogP contribution < -0.4 is 11.5 Å². The zero-order chi connectivity index (χ0) is 9.97. The summed E-state index contributed by atoms with van der Waals surface area (Å²) in [5.74, 6) is 1.38. The van der Waals surface area contributed by atoms with E-state index in [1.807, 2.05) is 6.07 Å². The molecule has 2 rings (SSSR count). The molecule has 1 aliphatic carbocycles. The topological polar surface area (TPSA) is 64.9 Å². The molecular weight excluding hydrogens is 174 g/mol. The highest BCUT2D eigenvalue weighted by molar-refractivity contribution is 5.38. The fourth-order valence-electron chi connectivity index (χ4n) is 2.23. The van der Waals surface area contributed by atoms with Crippen LogP contribution in [0.15, 0.2) is 18.3 Å². The molecule has 14 heavy (non-hydrogen) atoms. The van der Waals surface area contributed by atoms with E-state index in [9.17, 15) is 0 Å². The number of hydrogen-bond donors (Lipinski definition) is 2. The van der Waals surface area contributed by atoms with Gasteiger partial charge in [0.15, 0.2) is 0 Å². The molecule has 2 unspecified atom stereocenters. The lowest BCUT2D eigenvalue weighted by molar-refractivity contribution is 0.535. The van der Waals surface area contributed by atoms with Gasteiger partial charge in [0, 0.05) is 12.2 Å². The highest BCUT2D eigenvalue weighted by Gasteiger charge is 2.22. The molecule has 1 aliphatic rings. The van der Waals surface area contributed by atoms with Gasteiger partial charge in [0.2, 0.25) is 0 Å². The molecule has 1 aromatic rings. The van der Waals surface area contributed by atoms with E-state index in [0.29, 0.717) is 17.8 Å². The third kappa shape index (κ3) is 2.04. The lowest BCUT2D eigenvalue weighted by Gasteiger charge is -2.10. The summed E-state index contributed by atoms with van der Waals surface area (Å²) in [7, 11) is 0. The van der Waals surface area contributed by atoms with Crippen molar-refractivity contribution in [1.82, 2.24) is 4.98 Å². The average Bonchev–Trinajstić information content (AvgIpc) is 2.56. The van der Waals surface area contributed by atoms with Gasteiger partial charge in [-0.2, -0.15) is 0 Å². The molecule has 0 saturated heterocycles. The van der Waals surface area contributed by atoms with Crippen LogP contribution >= 0.6 is 0 Å². The Balaban J connectivity index is 2.01. The van der Waals surface area contributed by atoms with E-state index >= 15 is 0 Å². The SMILES string of the molecule is Nc1ncccc1CC1CCC(N)C1. The maximum absolute atomic E-state index is 5.87. The molecule has 1 aromatic heterocycles. The van der Waals surface area contributed by atoms with Crippen molar-refractivity contribution in [3.8, 4) is 0 Å². The summed E-state index contributed by atoms with van der Waals surface area (Å²) in [5.41, 5.74) is 12.8. The molecule has 1 saturated carbocycles. The second-order valence-corrected chi connectivity index (χ2v) is 4.19. The Labute approximate surface area is 84.5 Å². The Bertz CT molecular complexity index is 311. The summed E-state index contributed by atoms with van der Waals surface area (Å²) in [6.07, 6.45) is 6.29. The van der Waals surface area contributed by atoms with Gasteiger partial charge in [-0.1, -0.05) is 6.07 Å². The Hall–Kier alpha value is -1.09. The summed E-state index contributed by atoms with van der Waals surface area (Å²) in [6, 6.07) is 4.41. The van der Waals surface area contributed by atoms with Crippen molar-refractivity contribution in [2.45, 2.75) is 31.7 Å². The van der Waals surface area contributed by atoms with Crippen molar-refractivity contribution in [3.63, 3.8) is 0 Å². The molecule has 3 heteroatoms. The van der Waals surface area contributed by atoms with Crippen LogP contribution in [0.1, 0.15) is 24.8 Å². The lowest BCUT2D eigenvalue weighted by Crippen LogP contribution is -2.15. The van der Waals surface area contributed by atoms with Crippen molar-refractivity contribution in [2.24, 2.45) is 11.7 Å². The number of rotatable bonds is 2. The van der Waals surface area contributed by atoms with Crippen LogP contribution in [0.25, 0.3) is 0 Å². The van der Waals surface area contributed by atoms with Gasteiger partial charge in [0.1, 0.15) is 5.82 Å². The van der Waals surface area contributed by atoms with E-state index in [2.05, 4.69) is 11.1 Å². The summed E-state index contributed by atoms with van der Waals surface area (Å²) < 4.78 is 0. The molecule has 0 aromatic carbocycles. The molecule has 1 fully saturated rings. The van der Waals surface area contributed by atoms with E-state index in [1.54, 1.807) is 6.20 Å². The highest BCUT2D eigenvalue weighted by Crippen LogP contribution is 2.28. The lowest BCUT2D eigenvalue weighted by atomic mass is 9.98. The Morgan fingerprint density at radius 1 is 1.43 bits per heavy atom. The minimum absolute atomic E-state index is 0.401. The predicted molar refractivity (Wildman–Crippen MR) is 57.7 cm³/mol. The van der Waals surface area contributed by atoms with Crippen molar-refractivity contribution < 1.29 is 0 Å². The Morgan fingerprint density at radius 3 is 2.93 bits per heavy atom. The van der Waals surface area contributed by atoms with Gasteiger partial charge in [0.05, 0.1) is 0 Å².